The summed E-state index contributed by atoms with van der Waals surface area (Å²) < 4.78 is 24.2. The average molecular weight is 247 g/mol. The summed E-state index contributed by atoms with van der Waals surface area (Å²) in [5, 5.41) is 0. The SMILES string of the molecule is O=[SH](=O)O.[Ho]. The Labute approximate surface area is 61.2 Å². The number of thiol groups is 1. The van der Waals surface area contributed by atoms with Crippen LogP contribution in [0.25, 0.3) is 0 Å². The van der Waals surface area contributed by atoms with E-state index in [-0.39, 0.29) is 37.7 Å². The maximum absolute atomic E-state index is 8.59. The summed E-state index contributed by atoms with van der Waals surface area (Å²) in [6.07, 6.45) is 0. The maximum atomic E-state index is 8.59. The molecule has 0 spiro atoms. The molecule has 0 unspecified atom stereocenters. The molecule has 0 aliphatic rings. The molecule has 0 saturated carbocycles. The van der Waals surface area contributed by atoms with Crippen LogP contribution in [0.4, 0.5) is 0 Å². The Balaban J connectivity index is 0. The first-order valence-corrected chi connectivity index (χ1v) is 1.70. The molecule has 5 heavy (non-hydrogen) atoms. The Morgan fingerprint density at radius 2 is 1.40 bits per heavy atom. The van der Waals surface area contributed by atoms with E-state index in [0.717, 1.165) is 0 Å². The standard InChI is InChI=1S/Ho.H2O3S/c;1-4(2)3/h;4H,(H,1,2,3). The molecule has 0 fully saturated rings. The smallest absolute Gasteiger partial charge is 0.254 e. The summed E-state index contributed by atoms with van der Waals surface area (Å²) in [5.41, 5.74) is 0. The van der Waals surface area contributed by atoms with Gasteiger partial charge >= 0.3 is 0 Å². The summed E-state index contributed by atoms with van der Waals surface area (Å²) >= 11 is 0. The molecule has 0 aromatic carbocycles. The van der Waals surface area contributed by atoms with Gasteiger partial charge in [0.25, 0.3) is 11.0 Å². The Morgan fingerprint density at radius 1 is 1.40 bits per heavy atom. The van der Waals surface area contributed by atoms with Crippen LogP contribution in [0.1, 0.15) is 0 Å². The van der Waals surface area contributed by atoms with Crippen molar-refractivity contribution in [2.75, 3.05) is 0 Å². The second-order valence-electron chi connectivity index (χ2n) is 0.238. The zero-order chi connectivity index (χ0) is 3.58. The minimum absolute atomic E-state index is 0. The zero-order valence-electron chi connectivity index (χ0n) is 2.01. The van der Waals surface area contributed by atoms with E-state index in [1.165, 1.54) is 0 Å². The van der Waals surface area contributed by atoms with Crippen molar-refractivity contribution < 1.29 is 50.7 Å². The first-order valence-electron chi connectivity index (χ1n) is 0.565. The van der Waals surface area contributed by atoms with Crippen LogP contribution in [0.3, 0.4) is 0 Å². The first kappa shape index (κ1) is 9.48. The summed E-state index contributed by atoms with van der Waals surface area (Å²) in [6.45, 7) is 0. The van der Waals surface area contributed by atoms with Crippen LogP contribution >= 0.6 is 0 Å². The predicted octanol–water partition coefficient (Wildman–Crippen LogP) is -0.929. The van der Waals surface area contributed by atoms with Gasteiger partial charge in [-0.15, -0.1) is 0 Å². The van der Waals surface area contributed by atoms with Crippen molar-refractivity contribution in [1.29, 1.82) is 0 Å². The van der Waals surface area contributed by atoms with Gasteiger partial charge in [-0.1, -0.05) is 0 Å². The summed E-state index contributed by atoms with van der Waals surface area (Å²) in [7, 11) is -3.12. The Hall–Kier alpha value is 1.17. The third-order valence-electron chi connectivity index (χ3n) is 0. The average Bonchev–Trinajstić information content (AvgIpc) is 0.811. The minimum atomic E-state index is -3.12. The van der Waals surface area contributed by atoms with Crippen molar-refractivity contribution in [1.82, 2.24) is 0 Å². The molecule has 0 rings (SSSR count). The molecule has 0 heterocycles. The molecule has 1 N–H and O–H groups in total. The Morgan fingerprint density at radius 3 is 1.40 bits per heavy atom. The van der Waals surface area contributed by atoms with Gasteiger partial charge in [-0.05, 0) is 0 Å². The number of hydrogen-bond donors (Lipinski definition) is 2. The van der Waals surface area contributed by atoms with Gasteiger partial charge in [0.15, 0.2) is 0 Å². The molecule has 1 radical (unpaired) electrons. The molecule has 0 aromatic rings. The van der Waals surface area contributed by atoms with Crippen LogP contribution in [-0.2, 0) is 11.0 Å². The van der Waals surface area contributed by atoms with Crippen LogP contribution in [0, 0.1) is 37.7 Å². The fourth-order valence-electron chi connectivity index (χ4n) is 0. The summed E-state index contributed by atoms with van der Waals surface area (Å²) in [6, 6.07) is 0. The summed E-state index contributed by atoms with van der Waals surface area (Å²) in [5.74, 6) is 0. The van der Waals surface area contributed by atoms with Gasteiger partial charge in [-0.3, -0.25) is 4.55 Å². The van der Waals surface area contributed by atoms with E-state index in [1.807, 2.05) is 0 Å². The van der Waals surface area contributed by atoms with Crippen molar-refractivity contribution in [3.8, 4) is 0 Å². The van der Waals surface area contributed by atoms with E-state index in [1.54, 1.807) is 0 Å². The van der Waals surface area contributed by atoms with Gasteiger partial charge in [0.05, 0.1) is 0 Å². The van der Waals surface area contributed by atoms with Gasteiger partial charge in [-0.2, -0.15) is 0 Å². The predicted molar refractivity (Wildman–Crippen MR) is 12.9 cm³/mol. The van der Waals surface area contributed by atoms with Crippen LogP contribution < -0.4 is 0 Å². The van der Waals surface area contributed by atoms with E-state index < -0.39 is 11.0 Å². The van der Waals surface area contributed by atoms with E-state index in [9.17, 15) is 0 Å². The van der Waals surface area contributed by atoms with Gasteiger partial charge in [-0.25, -0.2) is 8.42 Å². The van der Waals surface area contributed by atoms with E-state index in [4.69, 9.17) is 13.0 Å². The van der Waals surface area contributed by atoms with Crippen LogP contribution in [-0.4, -0.2) is 13.0 Å². The molecule has 0 aromatic heterocycles. The molecule has 5 heteroatoms. The van der Waals surface area contributed by atoms with Crippen molar-refractivity contribution in [3.63, 3.8) is 0 Å². The molecular weight excluding hydrogens is 245 g/mol. The molecule has 0 amide bonds. The topological polar surface area (TPSA) is 54.4 Å². The van der Waals surface area contributed by atoms with Crippen molar-refractivity contribution in [2.45, 2.75) is 0 Å². The number of rotatable bonds is 0. The summed E-state index contributed by atoms with van der Waals surface area (Å²) in [4.78, 5) is 0. The molecule has 0 aliphatic heterocycles. The van der Waals surface area contributed by atoms with Crippen molar-refractivity contribution in [2.24, 2.45) is 0 Å². The van der Waals surface area contributed by atoms with Gasteiger partial charge in [0, 0.05) is 37.7 Å². The molecule has 0 saturated heterocycles. The minimum Gasteiger partial charge on any atom is -0.288 e. The van der Waals surface area contributed by atoms with Crippen LogP contribution in [0.2, 0.25) is 0 Å². The molecule has 0 aliphatic carbocycles. The molecule has 37 valence electrons. The van der Waals surface area contributed by atoms with E-state index in [0.29, 0.717) is 0 Å². The fourth-order valence-corrected chi connectivity index (χ4v) is 0. The normalized spacial score (nSPS) is 6.80. The third kappa shape index (κ3) is 38.0. The van der Waals surface area contributed by atoms with E-state index in [2.05, 4.69) is 0 Å². The maximum Gasteiger partial charge on any atom is 0.254 e. The molecule has 0 bridgehead atoms. The first-order chi connectivity index (χ1) is 1.73. The zero-order valence-corrected chi connectivity index (χ0v) is 4.84. The van der Waals surface area contributed by atoms with Gasteiger partial charge in [0.1, 0.15) is 0 Å². The van der Waals surface area contributed by atoms with Crippen molar-refractivity contribution in [3.05, 3.63) is 0 Å². The third-order valence-corrected chi connectivity index (χ3v) is 0. The quantitative estimate of drug-likeness (QED) is 0.330. The molecular formula is H2HoO3S. The second-order valence-corrected chi connectivity index (χ2v) is 0.714. The fraction of sp³-hybridized carbons (Fsp3) is 0. The van der Waals surface area contributed by atoms with Gasteiger partial charge in [0.2, 0.25) is 0 Å². The van der Waals surface area contributed by atoms with E-state index >= 15 is 0 Å². The monoisotopic (exact) mass is 247 g/mol. The molecule has 3 nitrogen and oxygen atoms in total. The largest absolute Gasteiger partial charge is 0.288 e. The Kier molecular flexibility index (Phi) is 9.81. The second kappa shape index (κ2) is 5.17. The van der Waals surface area contributed by atoms with Crippen LogP contribution in [0.15, 0.2) is 0 Å². The number of hydrogen-bond acceptors (Lipinski definition) is 2. The van der Waals surface area contributed by atoms with Crippen molar-refractivity contribution >= 4 is 11.0 Å². The Bertz CT molecular complexity index is 55.3. The van der Waals surface area contributed by atoms with Crippen LogP contribution in [0.5, 0.6) is 0 Å². The van der Waals surface area contributed by atoms with Gasteiger partial charge < -0.3 is 0 Å². The molecule has 0 atom stereocenters.